The number of hydrogen-bond acceptors (Lipinski definition) is 9. The van der Waals surface area contributed by atoms with Gasteiger partial charge in [-0.2, -0.15) is 0 Å². The fraction of sp³-hybridized carbons (Fsp3) is 0.205. The molecule has 0 atom stereocenters. The van der Waals surface area contributed by atoms with Gasteiger partial charge in [0.25, 0.3) is 0 Å². The SMILES string of the molecule is COC(=O)c1c2c(c3cc(OC)c(OC)cc3c1-c1ccc(OC)c(OC)c1)OC(c1ccc(OC)cc1)(c1ccc(OC)cc1)C=C2. The van der Waals surface area contributed by atoms with Gasteiger partial charge in [0.05, 0.1) is 55.3 Å². The summed E-state index contributed by atoms with van der Waals surface area (Å²) in [7, 11) is 10.9. The van der Waals surface area contributed by atoms with E-state index in [4.69, 9.17) is 37.9 Å². The normalized spacial score (nSPS) is 12.8. The number of benzene rings is 5. The molecule has 0 amide bonds. The molecule has 9 nitrogen and oxygen atoms in total. The molecule has 1 heterocycles. The van der Waals surface area contributed by atoms with Crippen LogP contribution >= 0.6 is 0 Å². The average molecular weight is 649 g/mol. The Kier molecular flexibility index (Phi) is 8.78. The standard InChI is InChI=1S/C39H36O9/c1-41-26-13-9-24(10-14-26)39(25-11-15-27(42-2)16-12-25)19-18-28-36(38(40)47-7)35(23-8-17-31(43-3)32(20-23)44-4)29-21-33(45-5)34(46-6)22-30(29)37(28)48-39/h8-22H,1-7H3. The number of esters is 1. The molecule has 0 saturated carbocycles. The first-order chi connectivity index (χ1) is 23.4. The van der Waals surface area contributed by atoms with E-state index in [0.717, 1.165) is 11.1 Å². The van der Waals surface area contributed by atoms with Crippen molar-refractivity contribution >= 4 is 22.8 Å². The fourth-order valence-corrected chi connectivity index (χ4v) is 6.23. The maximum Gasteiger partial charge on any atom is 0.339 e. The summed E-state index contributed by atoms with van der Waals surface area (Å²) in [6.07, 6.45) is 3.87. The molecule has 0 aliphatic carbocycles. The predicted molar refractivity (Wildman–Crippen MR) is 183 cm³/mol. The van der Waals surface area contributed by atoms with E-state index >= 15 is 0 Å². The van der Waals surface area contributed by atoms with E-state index in [1.165, 1.54) is 7.11 Å². The third-order valence-electron chi connectivity index (χ3n) is 8.65. The molecule has 0 bridgehead atoms. The molecule has 1 aliphatic rings. The summed E-state index contributed by atoms with van der Waals surface area (Å²) in [5.74, 6) is 3.36. The lowest BCUT2D eigenvalue weighted by molar-refractivity contribution is 0.0600. The Bertz CT molecular complexity index is 1960. The summed E-state index contributed by atoms with van der Waals surface area (Å²) >= 11 is 0. The molecule has 246 valence electrons. The van der Waals surface area contributed by atoms with E-state index in [0.29, 0.717) is 73.3 Å². The van der Waals surface area contributed by atoms with Crippen LogP contribution in [0.3, 0.4) is 0 Å². The molecule has 5 aromatic rings. The lowest BCUT2D eigenvalue weighted by Crippen LogP contribution is -2.34. The summed E-state index contributed by atoms with van der Waals surface area (Å²) in [6, 6.07) is 24.6. The van der Waals surface area contributed by atoms with E-state index in [9.17, 15) is 4.79 Å². The predicted octanol–water partition coefficient (Wildman–Crippen LogP) is 7.69. The van der Waals surface area contributed by atoms with Crippen LogP contribution in [0.4, 0.5) is 0 Å². The highest BCUT2D eigenvalue weighted by atomic mass is 16.5. The van der Waals surface area contributed by atoms with Gasteiger partial charge in [-0.25, -0.2) is 4.79 Å². The van der Waals surface area contributed by atoms with Crippen LogP contribution in [0, 0.1) is 0 Å². The van der Waals surface area contributed by atoms with Crippen LogP contribution < -0.4 is 33.2 Å². The van der Waals surface area contributed by atoms with Gasteiger partial charge in [-0.1, -0.05) is 30.3 Å². The van der Waals surface area contributed by atoms with Gasteiger partial charge in [-0.15, -0.1) is 0 Å². The van der Waals surface area contributed by atoms with E-state index in [1.807, 2.05) is 84.9 Å². The Labute approximate surface area is 279 Å². The first-order valence-corrected chi connectivity index (χ1v) is 15.1. The number of ether oxygens (including phenoxy) is 8. The summed E-state index contributed by atoms with van der Waals surface area (Å²) in [5, 5.41) is 1.36. The van der Waals surface area contributed by atoms with Gasteiger partial charge in [0.15, 0.2) is 28.6 Å². The summed E-state index contributed by atoms with van der Waals surface area (Å²) in [5.41, 5.74) is 2.73. The molecule has 5 aromatic carbocycles. The van der Waals surface area contributed by atoms with Crippen LogP contribution in [0.25, 0.3) is 28.0 Å². The van der Waals surface area contributed by atoms with Crippen molar-refractivity contribution in [2.24, 2.45) is 0 Å². The Morgan fingerprint density at radius 3 is 1.60 bits per heavy atom. The van der Waals surface area contributed by atoms with Crippen molar-refractivity contribution in [2.75, 3.05) is 49.8 Å². The minimum Gasteiger partial charge on any atom is -0.497 e. The molecule has 0 unspecified atom stereocenters. The van der Waals surface area contributed by atoms with Gasteiger partial charge in [0, 0.05) is 27.6 Å². The minimum absolute atomic E-state index is 0.314. The molecular weight excluding hydrogens is 612 g/mol. The molecular formula is C39H36O9. The van der Waals surface area contributed by atoms with Crippen molar-refractivity contribution in [1.82, 2.24) is 0 Å². The minimum atomic E-state index is -1.11. The molecule has 0 saturated heterocycles. The number of carbonyl (C=O) groups excluding carboxylic acids is 1. The van der Waals surface area contributed by atoms with Gasteiger partial charge in [0.2, 0.25) is 0 Å². The number of carbonyl (C=O) groups is 1. The second-order valence-electron chi connectivity index (χ2n) is 10.9. The van der Waals surface area contributed by atoms with Gasteiger partial charge in [-0.05, 0) is 71.6 Å². The first-order valence-electron chi connectivity index (χ1n) is 15.1. The molecule has 9 heteroatoms. The third kappa shape index (κ3) is 5.27. The van der Waals surface area contributed by atoms with E-state index in [1.54, 1.807) is 48.7 Å². The molecule has 0 aromatic heterocycles. The number of rotatable bonds is 10. The van der Waals surface area contributed by atoms with E-state index in [-0.39, 0.29) is 0 Å². The topological polar surface area (TPSA) is 90.9 Å². The average Bonchev–Trinajstić information content (AvgIpc) is 3.15. The highest BCUT2D eigenvalue weighted by Gasteiger charge is 2.40. The van der Waals surface area contributed by atoms with Gasteiger partial charge < -0.3 is 37.9 Å². The zero-order valence-electron chi connectivity index (χ0n) is 27.8. The quantitative estimate of drug-likeness (QED) is 0.141. The molecule has 0 N–H and O–H groups in total. The number of methoxy groups -OCH3 is 7. The number of fused-ring (bicyclic) bond motifs is 3. The summed E-state index contributed by atoms with van der Waals surface area (Å²) < 4.78 is 46.2. The van der Waals surface area contributed by atoms with E-state index in [2.05, 4.69) is 0 Å². The highest BCUT2D eigenvalue weighted by molar-refractivity contribution is 6.15. The maximum absolute atomic E-state index is 13.9. The molecule has 48 heavy (non-hydrogen) atoms. The molecule has 0 fully saturated rings. The first kappa shape index (κ1) is 32.1. The highest BCUT2D eigenvalue weighted by Crippen LogP contribution is 2.52. The van der Waals surface area contributed by atoms with Crippen molar-refractivity contribution in [3.05, 3.63) is 107 Å². The summed E-state index contributed by atoms with van der Waals surface area (Å²) in [4.78, 5) is 13.9. The van der Waals surface area contributed by atoms with Crippen LogP contribution in [0.2, 0.25) is 0 Å². The monoisotopic (exact) mass is 648 g/mol. The fourth-order valence-electron chi connectivity index (χ4n) is 6.23. The van der Waals surface area contributed by atoms with E-state index < -0.39 is 11.6 Å². The molecule has 1 aliphatic heterocycles. The van der Waals surface area contributed by atoms with Crippen molar-refractivity contribution in [3.63, 3.8) is 0 Å². The second kappa shape index (κ2) is 13.1. The summed E-state index contributed by atoms with van der Waals surface area (Å²) in [6.45, 7) is 0. The Balaban J connectivity index is 1.73. The second-order valence-corrected chi connectivity index (χ2v) is 10.9. The van der Waals surface area contributed by atoms with Gasteiger partial charge >= 0.3 is 5.97 Å². The van der Waals surface area contributed by atoms with Gasteiger partial charge in [-0.3, -0.25) is 0 Å². The van der Waals surface area contributed by atoms with Crippen LogP contribution in [-0.2, 0) is 10.3 Å². The zero-order chi connectivity index (χ0) is 34.0. The Hall–Kier alpha value is -5.83. The molecule has 6 rings (SSSR count). The zero-order valence-corrected chi connectivity index (χ0v) is 27.8. The van der Waals surface area contributed by atoms with Crippen molar-refractivity contribution in [2.45, 2.75) is 5.60 Å². The van der Waals surface area contributed by atoms with Crippen molar-refractivity contribution in [3.8, 4) is 51.4 Å². The lowest BCUT2D eigenvalue weighted by Gasteiger charge is -2.37. The Morgan fingerprint density at radius 2 is 1.10 bits per heavy atom. The lowest BCUT2D eigenvalue weighted by atomic mass is 9.81. The molecule has 0 radical (unpaired) electrons. The van der Waals surface area contributed by atoms with Crippen LogP contribution in [0.5, 0.6) is 40.2 Å². The van der Waals surface area contributed by atoms with Crippen LogP contribution in [-0.4, -0.2) is 55.7 Å². The Morgan fingerprint density at radius 1 is 0.583 bits per heavy atom. The van der Waals surface area contributed by atoms with Crippen LogP contribution in [0.1, 0.15) is 27.0 Å². The van der Waals surface area contributed by atoms with Gasteiger partial charge in [0.1, 0.15) is 17.2 Å². The molecule has 0 spiro atoms. The third-order valence-corrected chi connectivity index (χ3v) is 8.65. The van der Waals surface area contributed by atoms with Crippen molar-refractivity contribution < 1.29 is 42.7 Å². The maximum atomic E-state index is 13.9. The van der Waals surface area contributed by atoms with Crippen LogP contribution in [0.15, 0.2) is 84.9 Å². The largest absolute Gasteiger partial charge is 0.497 e. The van der Waals surface area contributed by atoms with Crippen molar-refractivity contribution in [1.29, 1.82) is 0 Å². The number of hydrogen-bond donors (Lipinski definition) is 0. The smallest absolute Gasteiger partial charge is 0.339 e.